The fourth-order valence-corrected chi connectivity index (χ4v) is 2.78. The normalized spacial score (nSPS) is 16.0. The second-order valence-electron chi connectivity index (χ2n) is 5.84. The third-order valence-corrected chi connectivity index (χ3v) is 3.76. The maximum Gasteiger partial charge on any atom is 0.416 e. The maximum absolute atomic E-state index is 12.8. The summed E-state index contributed by atoms with van der Waals surface area (Å²) < 4.78 is 96.0. The number of ether oxygens (including phenoxy) is 1. The van der Waals surface area contributed by atoms with Gasteiger partial charge in [0.05, 0.1) is 23.8 Å². The predicted octanol–water partition coefficient (Wildman–Crippen LogP) is 5.71. The first-order chi connectivity index (χ1) is 11.1. The van der Waals surface area contributed by atoms with Gasteiger partial charge in [-0.15, -0.1) is 0 Å². The van der Waals surface area contributed by atoms with Gasteiger partial charge >= 0.3 is 12.4 Å². The van der Waals surface area contributed by atoms with Crippen LogP contribution in [-0.2, 0) is 17.1 Å². The van der Waals surface area contributed by atoms with Crippen LogP contribution in [0, 0.1) is 0 Å². The fraction of sp³-hybridized carbons (Fsp3) is 0.533. The summed E-state index contributed by atoms with van der Waals surface area (Å²) in [5, 5.41) is 0. The number of alkyl halides is 6. The molecule has 1 N–H and O–H groups in total. The molecule has 0 radical (unpaired) electrons. The lowest BCUT2D eigenvalue weighted by atomic mass is 10.0. The summed E-state index contributed by atoms with van der Waals surface area (Å²) in [6, 6.07) is 1.34. The summed E-state index contributed by atoms with van der Waals surface area (Å²) in [6.07, 6.45) is -7.83. The third kappa shape index (κ3) is 7.25. The van der Waals surface area contributed by atoms with Gasteiger partial charge in [-0.05, 0) is 48.1 Å². The van der Waals surface area contributed by atoms with Gasteiger partial charge in [0.15, 0.2) is 0 Å². The van der Waals surface area contributed by atoms with Crippen molar-refractivity contribution in [1.29, 1.82) is 0 Å². The number of halogens is 6. The highest BCUT2D eigenvalue weighted by Crippen LogP contribution is 2.38. The SMILES string of the molecule is CC(CO[C@H](C)c1cc(C(F)(F)F)cc(C(F)(F)F)c1)=NS(C)(C)O. The highest BCUT2D eigenvalue weighted by Gasteiger charge is 2.37. The average molecular weight is 391 g/mol. The summed E-state index contributed by atoms with van der Waals surface area (Å²) >= 11 is 0. The van der Waals surface area contributed by atoms with Crippen LogP contribution in [0.3, 0.4) is 0 Å². The van der Waals surface area contributed by atoms with Crippen LogP contribution < -0.4 is 0 Å². The molecular formula is C15H19F6NO2S. The topological polar surface area (TPSA) is 41.8 Å². The van der Waals surface area contributed by atoms with Gasteiger partial charge in [-0.1, -0.05) is 0 Å². The summed E-state index contributed by atoms with van der Waals surface area (Å²) in [5.41, 5.74) is -2.64. The van der Waals surface area contributed by atoms with Crippen molar-refractivity contribution in [1.82, 2.24) is 0 Å². The molecule has 0 spiro atoms. The Labute approximate surface area is 143 Å². The van der Waals surface area contributed by atoms with Gasteiger partial charge in [0, 0.05) is 18.2 Å². The van der Waals surface area contributed by atoms with Crippen LogP contribution in [-0.4, -0.2) is 29.4 Å². The molecule has 144 valence electrons. The summed E-state index contributed by atoms with van der Waals surface area (Å²) in [5.74, 6) is 0. The molecule has 1 aromatic carbocycles. The quantitative estimate of drug-likeness (QED) is 0.516. The van der Waals surface area contributed by atoms with E-state index in [4.69, 9.17) is 4.74 Å². The van der Waals surface area contributed by atoms with E-state index in [0.717, 1.165) is 0 Å². The highest BCUT2D eigenvalue weighted by atomic mass is 32.3. The maximum atomic E-state index is 12.8. The molecule has 25 heavy (non-hydrogen) atoms. The van der Waals surface area contributed by atoms with Gasteiger partial charge in [0.2, 0.25) is 0 Å². The first kappa shape index (κ1) is 21.8. The molecule has 0 aromatic heterocycles. The molecule has 0 saturated heterocycles. The summed E-state index contributed by atoms with van der Waals surface area (Å²) in [7, 11) is -2.18. The third-order valence-electron chi connectivity index (χ3n) is 3.00. The lowest BCUT2D eigenvalue weighted by Gasteiger charge is -2.20. The number of hydrogen-bond donors (Lipinski definition) is 1. The molecule has 0 aliphatic carbocycles. The monoisotopic (exact) mass is 391 g/mol. The second-order valence-corrected chi connectivity index (χ2v) is 8.46. The van der Waals surface area contributed by atoms with Crippen molar-refractivity contribution in [2.45, 2.75) is 32.3 Å². The zero-order valence-electron chi connectivity index (χ0n) is 14.0. The Hall–Kier alpha value is -1.26. The van der Waals surface area contributed by atoms with Crippen molar-refractivity contribution >= 4 is 16.2 Å². The zero-order chi connectivity index (χ0) is 19.6. The first-order valence-electron chi connectivity index (χ1n) is 7.02. The van der Waals surface area contributed by atoms with E-state index in [1.165, 1.54) is 19.4 Å². The highest BCUT2D eigenvalue weighted by molar-refractivity contribution is 8.27. The van der Waals surface area contributed by atoms with Gasteiger partial charge in [0.1, 0.15) is 0 Å². The Bertz CT molecular complexity index is 602. The second kappa shape index (κ2) is 7.55. The van der Waals surface area contributed by atoms with Crippen molar-refractivity contribution in [3.05, 3.63) is 34.9 Å². The van der Waals surface area contributed by atoms with Gasteiger partial charge in [-0.3, -0.25) is 0 Å². The van der Waals surface area contributed by atoms with E-state index in [0.29, 0.717) is 17.8 Å². The Kier molecular flexibility index (Phi) is 6.57. The molecule has 0 bridgehead atoms. The Balaban J connectivity index is 3.09. The van der Waals surface area contributed by atoms with Crippen LogP contribution in [0.15, 0.2) is 22.6 Å². The number of rotatable bonds is 5. The molecule has 3 nitrogen and oxygen atoms in total. The van der Waals surface area contributed by atoms with E-state index in [2.05, 4.69) is 4.40 Å². The Morgan fingerprint density at radius 1 is 1.08 bits per heavy atom. The van der Waals surface area contributed by atoms with Crippen LogP contribution in [0.4, 0.5) is 26.3 Å². The van der Waals surface area contributed by atoms with E-state index < -0.39 is 40.1 Å². The van der Waals surface area contributed by atoms with E-state index in [9.17, 15) is 30.9 Å². The summed E-state index contributed by atoms with van der Waals surface area (Å²) in [4.78, 5) is 0. The number of benzene rings is 1. The van der Waals surface area contributed by atoms with Gasteiger partial charge in [-0.25, -0.2) is 4.40 Å². The van der Waals surface area contributed by atoms with Crippen molar-refractivity contribution < 1.29 is 35.6 Å². The largest absolute Gasteiger partial charge is 0.416 e. The minimum absolute atomic E-state index is 0.0700. The molecule has 1 atom stereocenters. The van der Waals surface area contributed by atoms with Crippen LogP contribution in [0.2, 0.25) is 0 Å². The predicted molar refractivity (Wildman–Crippen MR) is 86.0 cm³/mol. The molecule has 1 rings (SSSR count). The molecule has 1 aromatic rings. The molecule has 0 unspecified atom stereocenters. The molecule has 0 amide bonds. The molecule has 0 aliphatic heterocycles. The smallest absolute Gasteiger partial charge is 0.368 e. The lowest BCUT2D eigenvalue weighted by Crippen LogP contribution is -2.14. The van der Waals surface area contributed by atoms with Crippen molar-refractivity contribution in [3.8, 4) is 0 Å². The molecule has 0 saturated carbocycles. The van der Waals surface area contributed by atoms with Crippen LogP contribution in [0.1, 0.15) is 36.6 Å². The van der Waals surface area contributed by atoms with Crippen LogP contribution in [0.5, 0.6) is 0 Å². The fourth-order valence-electron chi connectivity index (χ4n) is 1.96. The van der Waals surface area contributed by atoms with Crippen LogP contribution >= 0.6 is 10.5 Å². The average Bonchev–Trinajstić information content (AvgIpc) is 2.40. The van der Waals surface area contributed by atoms with Gasteiger partial charge in [0.25, 0.3) is 0 Å². The Morgan fingerprint density at radius 3 is 1.88 bits per heavy atom. The molecule has 0 heterocycles. The zero-order valence-corrected chi connectivity index (χ0v) is 14.8. The van der Waals surface area contributed by atoms with Crippen molar-refractivity contribution in [2.75, 3.05) is 19.1 Å². The molecule has 10 heteroatoms. The number of nitrogens with zero attached hydrogens (tertiary/aromatic N) is 1. The Morgan fingerprint density at radius 2 is 1.52 bits per heavy atom. The van der Waals surface area contributed by atoms with E-state index in [1.807, 2.05) is 0 Å². The van der Waals surface area contributed by atoms with Crippen molar-refractivity contribution in [3.63, 3.8) is 0 Å². The van der Waals surface area contributed by atoms with Crippen molar-refractivity contribution in [2.24, 2.45) is 4.40 Å². The van der Waals surface area contributed by atoms with Gasteiger partial charge in [-0.2, -0.15) is 26.3 Å². The minimum Gasteiger partial charge on any atom is -0.368 e. The van der Waals surface area contributed by atoms with E-state index >= 15 is 0 Å². The van der Waals surface area contributed by atoms with Gasteiger partial charge < -0.3 is 9.29 Å². The van der Waals surface area contributed by atoms with E-state index in [1.54, 1.807) is 6.92 Å². The standard InChI is InChI=1S/C15H19F6NO2S/c1-9(22-25(3,4)23)8-24-10(2)11-5-12(14(16,17)18)7-13(6-11)15(19,20)21/h5-7,10,23H,8H2,1-4H3/t10-/m1/s1. The molecular weight excluding hydrogens is 372 g/mol. The van der Waals surface area contributed by atoms with Crippen LogP contribution in [0.25, 0.3) is 0 Å². The minimum atomic E-state index is -4.91. The first-order valence-corrected chi connectivity index (χ1v) is 9.38. The number of hydrogen-bond acceptors (Lipinski definition) is 3. The molecule has 0 fully saturated rings. The molecule has 0 aliphatic rings. The van der Waals surface area contributed by atoms with E-state index in [-0.39, 0.29) is 18.2 Å². The lowest BCUT2D eigenvalue weighted by molar-refractivity contribution is -0.143. The summed E-state index contributed by atoms with van der Waals surface area (Å²) in [6.45, 7) is 2.76.